The molecule has 1 fully saturated rings. The predicted octanol–water partition coefficient (Wildman–Crippen LogP) is 3.55. The third-order valence-electron chi connectivity index (χ3n) is 2.33. The number of carbonyl (C=O) groups excluding carboxylic acids is 1. The summed E-state index contributed by atoms with van der Waals surface area (Å²) in [6.07, 6.45) is -4.29. The highest BCUT2D eigenvalue weighted by Gasteiger charge is 2.64. The molecule has 0 aliphatic heterocycles. The summed E-state index contributed by atoms with van der Waals surface area (Å²) in [5, 5.41) is 0. The van der Waals surface area contributed by atoms with Crippen molar-refractivity contribution in [1.29, 1.82) is 0 Å². The number of methoxy groups -OCH3 is 1. The molecular formula is C11H19F3O2. The Morgan fingerprint density at radius 1 is 1.25 bits per heavy atom. The van der Waals surface area contributed by atoms with E-state index in [2.05, 4.69) is 25.5 Å². The van der Waals surface area contributed by atoms with E-state index in [0.717, 1.165) is 13.0 Å². The van der Waals surface area contributed by atoms with Crippen LogP contribution in [0.2, 0.25) is 0 Å². The van der Waals surface area contributed by atoms with Crippen LogP contribution in [-0.4, -0.2) is 19.3 Å². The zero-order chi connectivity index (χ0) is 13.0. The smallest absolute Gasteiger partial charge is 0.404 e. The van der Waals surface area contributed by atoms with E-state index in [4.69, 9.17) is 0 Å². The fourth-order valence-electron chi connectivity index (χ4n) is 1.33. The Hall–Kier alpha value is -0.740. The second kappa shape index (κ2) is 5.55. The van der Waals surface area contributed by atoms with Gasteiger partial charge in [-0.25, -0.2) is 0 Å². The minimum atomic E-state index is -4.46. The van der Waals surface area contributed by atoms with Crippen molar-refractivity contribution in [2.45, 2.75) is 46.2 Å². The van der Waals surface area contributed by atoms with Crippen LogP contribution in [0.4, 0.5) is 13.2 Å². The predicted molar refractivity (Wildman–Crippen MR) is 54.9 cm³/mol. The first-order valence-corrected chi connectivity index (χ1v) is 5.32. The van der Waals surface area contributed by atoms with E-state index >= 15 is 0 Å². The van der Waals surface area contributed by atoms with Gasteiger partial charge >= 0.3 is 12.1 Å². The number of rotatable bonds is 1. The van der Waals surface area contributed by atoms with Gasteiger partial charge in [-0.1, -0.05) is 27.2 Å². The lowest BCUT2D eigenvalue weighted by Gasteiger charge is -2.39. The molecule has 1 aliphatic carbocycles. The van der Waals surface area contributed by atoms with E-state index in [1.54, 1.807) is 0 Å². The van der Waals surface area contributed by atoms with Crippen LogP contribution in [0.3, 0.4) is 0 Å². The topological polar surface area (TPSA) is 26.3 Å². The van der Waals surface area contributed by atoms with Crippen molar-refractivity contribution in [2.24, 2.45) is 11.3 Å². The van der Waals surface area contributed by atoms with Gasteiger partial charge in [0.1, 0.15) is 0 Å². The number of hydrogen-bond acceptors (Lipinski definition) is 2. The van der Waals surface area contributed by atoms with Gasteiger partial charge in [-0.3, -0.25) is 4.79 Å². The third-order valence-corrected chi connectivity index (χ3v) is 2.33. The van der Waals surface area contributed by atoms with Crippen LogP contribution in [0, 0.1) is 11.3 Å². The van der Waals surface area contributed by atoms with E-state index in [1.807, 2.05) is 0 Å². The maximum atomic E-state index is 12.3. The van der Waals surface area contributed by atoms with Gasteiger partial charge in [-0.2, -0.15) is 13.2 Å². The van der Waals surface area contributed by atoms with E-state index in [1.165, 1.54) is 0 Å². The van der Waals surface area contributed by atoms with Crippen LogP contribution in [-0.2, 0) is 9.53 Å². The first kappa shape index (κ1) is 15.3. The molecule has 0 amide bonds. The summed E-state index contributed by atoms with van der Waals surface area (Å²) in [6, 6.07) is 0. The number of hydrogen-bond donors (Lipinski definition) is 0. The quantitative estimate of drug-likeness (QED) is 0.655. The third kappa shape index (κ3) is 3.39. The molecule has 2 nitrogen and oxygen atoms in total. The molecule has 1 aliphatic rings. The number of ether oxygens (including phenoxy) is 1. The van der Waals surface area contributed by atoms with Crippen molar-refractivity contribution in [2.75, 3.05) is 7.11 Å². The number of halogens is 3. The maximum Gasteiger partial charge on any atom is 0.404 e. The van der Waals surface area contributed by atoms with Crippen LogP contribution >= 0.6 is 0 Å². The van der Waals surface area contributed by atoms with Crippen LogP contribution in [0.1, 0.15) is 40.0 Å². The Labute approximate surface area is 94.2 Å². The normalized spacial score (nSPS) is 18.2. The number of esters is 1. The highest BCUT2D eigenvalue weighted by Crippen LogP contribution is 2.53. The molecule has 0 heterocycles. The Balaban J connectivity index is 0.000000487. The van der Waals surface area contributed by atoms with Gasteiger partial charge in [0.15, 0.2) is 5.41 Å². The molecule has 0 aromatic rings. The molecule has 0 aromatic carbocycles. The first-order valence-electron chi connectivity index (χ1n) is 5.32. The van der Waals surface area contributed by atoms with Gasteiger partial charge in [0.25, 0.3) is 0 Å². The van der Waals surface area contributed by atoms with Crippen LogP contribution < -0.4 is 0 Å². The van der Waals surface area contributed by atoms with E-state index in [9.17, 15) is 18.0 Å². The molecule has 0 N–H and O–H groups in total. The Morgan fingerprint density at radius 2 is 1.62 bits per heavy atom. The lowest BCUT2D eigenvalue weighted by Crippen LogP contribution is -2.50. The molecule has 0 radical (unpaired) electrons. The SMILES string of the molecule is CC(C)C.COC(=O)C1(C(F)(F)F)CCC1. The second-order valence-electron chi connectivity index (χ2n) is 4.66. The van der Waals surface area contributed by atoms with E-state index in [-0.39, 0.29) is 12.8 Å². The van der Waals surface area contributed by atoms with Crippen LogP contribution in [0.25, 0.3) is 0 Å². The molecule has 0 aromatic heterocycles. The zero-order valence-corrected chi connectivity index (χ0v) is 10.1. The maximum absolute atomic E-state index is 12.3. The molecule has 0 saturated heterocycles. The van der Waals surface area contributed by atoms with Crippen LogP contribution in [0.5, 0.6) is 0 Å². The summed E-state index contributed by atoms with van der Waals surface area (Å²) in [7, 11) is 0.980. The van der Waals surface area contributed by atoms with E-state index in [0.29, 0.717) is 6.42 Å². The molecule has 0 spiro atoms. The molecular weight excluding hydrogens is 221 g/mol. The molecule has 0 atom stereocenters. The van der Waals surface area contributed by atoms with Gasteiger partial charge < -0.3 is 4.74 Å². The standard InChI is InChI=1S/C7H9F3O2.C4H10/c1-12-5(11)6(3-2-4-6)7(8,9)10;1-4(2)3/h2-4H2,1H3;4H,1-3H3. The summed E-state index contributed by atoms with van der Waals surface area (Å²) in [6.45, 7) is 6.50. The molecule has 16 heavy (non-hydrogen) atoms. The van der Waals surface area contributed by atoms with Crippen molar-refractivity contribution >= 4 is 5.97 Å². The monoisotopic (exact) mass is 240 g/mol. The molecule has 5 heteroatoms. The Bertz CT molecular complexity index is 227. The summed E-state index contributed by atoms with van der Waals surface area (Å²) >= 11 is 0. The number of carbonyl (C=O) groups is 1. The fourth-order valence-corrected chi connectivity index (χ4v) is 1.33. The van der Waals surface area contributed by atoms with Gasteiger partial charge in [0.05, 0.1) is 7.11 Å². The lowest BCUT2D eigenvalue weighted by atomic mass is 9.68. The lowest BCUT2D eigenvalue weighted by molar-refractivity contribution is -0.253. The Morgan fingerprint density at radius 3 is 1.69 bits per heavy atom. The van der Waals surface area contributed by atoms with Gasteiger partial charge in [-0.05, 0) is 18.8 Å². The van der Waals surface area contributed by atoms with Crippen LogP contribution in [0.15, 0.2) is 0 Å². The van der Waals surface area contributed by atoms with E-state index < -0.39 is 17.6 Å². The van der Waals surface area contributed by atoms with Crippen molar-refractivity contribution in [3.05, 3.63) is 0 Å². The average molecular weight is 240 g/mol. The Kier molecular flexibility index (Phi) is 5.29. The highest BCUT2D eigenvalue weighted by atomic mass is 19.4. The van der Waals surface area contributed by atoms with Crippen molar-refractivity contribution in [1.82, 2.24) is 0 Å². The minimum absolute atomic E-state index is 0.136. The molecule has 1 rings (SSSR count). The highest BCUT2D eigenvalue weighted by molar-refractivity contribution is 5.78. The molecule has 0 unspecified atom stereocenters. The minimum Gasteiger partial charge on any atom is -0.468 e. The number of alkyl halides is 3. The first-order chi connectivity index (χ1) is 7.17. The second-order valence-corrected chi connectivity index (χ2v) is 4.66. The van der Waals surface area contributed by atoms with Gasteiger partial charge in [-0.15, -0.1) is 0 Å². The van der Waals surface area contributed by atoms with Crippen molar-refractivity contribution in [3.63, 3.8) is 0 Å². The van der Waals surface area contributed by atoms with Gasteiger partial charge in [0, 0.05) is 0 Å². The van der Waals surface area contributed by atoms with Crippen molar-refractivity contribution < 1.29 is 22.7 Å². The fraction of sp³-hybridized carbons (Fsp3) is 0.909. The largest absolute Gasteiger partial charge is 0.468 e. The molecule has 0 bridgehead atoms. The summed E-state index contributed by atoms with van der Waals surface area (Å²) in [5.41, 5.74) is -2.19. The van der Waals surface area contributed by atoms with Gasteiger partial charge in [0.2, 0.25) is 0 Å². The van der Waals surface area contributed by atoms with Crippen molar-refractivity contribution in [3.8, 4) is 0 Å². The average Bonchev–Trinajstić information content (AvgIpc) is 1.97. The summed E-state index contributed by atoms with van der Waals surface area (Å²) in [4.78, 5) is 10.8. The summed E-state index contributed by atoms with van der Waals surface area (Å²) < 4.78 is 41.0. The summed E-state index contributed by atoms with van der Waals surface area (Å²) in [5.74, 6) is -0.318. The molecule has 1 saturated carbocycles. The molecule has 96 valence electrons. The zero-order valence-electron chi connectivity index (χ0n) is 10.1.